The summed E-state index contributed by atoms with van der Waals surface area (Å²) in [5.74, 6) is 3.20. The van der Waals surface area contributed by atoms with Crippen molar-refractivity contribution in [1.82, 2.24) is 16.0 Å². The summed E-state index contributed by atoms with van der Waals surface area (Å²) in [6.45, 7) is 17.4. The Labute approximate surface area is 288 Å². The van der Waals surface area contributed by atoms with E-state index in [1.165, 1.54) is 57.8 Å². The number of aliphatic hydroxyl groups excluding tert-OH is 1. The van der Waals surface area contributed by atoms with Gasteiger partial charge in [0.25, 0.3) is 0 Å². The second-order valence-electron chi connectivity index (χ2n) is 17.0. The first kappa shape index (κ1) is 39.5. The minimum atomic E-state index is -4.46. The number of unbranched alkanes of at least 4 members (excludes halogenated alkanes) is 1. The fourth-order valence-corrected chi connectivity index (χ4v) is 11.8. The van der Waals surface area contributed by atoms with Gasteiger partial charge >= 0.3 is 10.4 Å². The molecule has 47 heavy (non-hydrogen) atoms. The van der Waals surface area contributed by atoms with E-state index in [2.05, 4.69) is 36.7 Å². The van der Waals surface area contributed by atoms with Crippen LogP contribution in [-0.2, 0) is 14.6 Å². The minimum Gasteiger partial charge on any atom is -0.393 e. The van der Waals surface area contributed by atoms with Crippen LogP contribution in [0, 0.1) is 52.3 Å². The molecule has 6 unspecified atom stereocenters. The van der Waals surface area contributed by atoms with Crippen molar-refractivity contribution in [3.8, 4) is 0 Å². The Hall–Kier alpha value is -0.330. The van der Waals surface area contributed by atoms with Gasteiger partial charge in [-0.2, -0.15) is 8.42 Å². The maximum Gasteiger partial charge on any atom is 0.397 e. The smallest absolute Gasteiger partial charge is 0.393 e. The molecule has 7 N–H and O–H groups in total. The van der Waals surface area contributed by atoms with Gasteiger partial charge in [0.2, 0.25) is 0 Å². The van der Waals surface area contributed by atoms with E-state index in [0.717, 1.165) is 65.0 Å². The van der Waals surface area contributed by atoms with Crippen molar-refractivity contribution in [2.45, 2.75) is 143 Å². The highest BCUT2D eigenvalue weighted by Gasteiger charge is 2.62. The summed E-state index contributed by atoms with van der Waals surface area (Å²) in [6, 6.07) is 0.571. The van der Waals surface area contributed by atoms with Gasteiger partial charge in [0, 0.05) is 6.04 Å². The van der Waals surface area contributed by atoms with E-state index < -0.39 is 16.5 Å². The number of nitrogens with two attached hydrogens (primary N) is 1. The van der Waals surface area contributed by atoms with Gasteiger partial charge in [0.15, 0.2) is 0 Å². The van der Waals surface area contributed by atoms with Crippen LogP contribution in [0.5, 0.6) is 0 Å². The standard InChI is InChI=1S/C37H72N4O5S/c1-26(2)34(46-47(43,44)45)13-10-27(3)30-11-12-31-35-32(15-17-37(30,31)5)36(4)16-14-29(24-28(36)25-33(35)42)41-23-9-22-40-20-7-6-19-39-21-8-18-38/h26-35,39-42H,6-25,38H2,1-5H3,(H,43,44,45)/t27-,28-,29+,30?,31?,32?,33?,34?,35?,36+,37-/m1/s1. The number of hydrogen-bond acceptors (Lipinski definition) is 8. The zero-order valence-corrected chi connectivity index (χ0v) is 31.3. The molecular weight excluding hydrogens is 612 g/mol. The Balaban J connectivity index is 1.23. The van der Waals surface area contributed by atoms with E-state index in [4.69, 9.17) is 9.92 Å². The number of fused-ring (bicyclic) bond motifs is 5. The first-order valence-electron chi connectivity index (χ1n) is 19.5. The molecule has 0 aliphatic heterocycles. The lowest BCUT2D eigenvalue weighted by atomic mass is 9.43. The molecule has 10 heteroatoms. The van der Waals surface area contributed by atoms with Gasteiger partial charge in [-0.3, -0.25) is 4.55 Å². The minimum absolute atomic E-state index is 0.0137. The lowest BCUT2D eigenvalue weighted by Gasteiger charge is -2.62. The Morgan fingerprint density at radius 1 is 0.830 bits per heavy atom. The van der Waals surface area contributed by atoms with Crippen LogP contribution in [0.2, 0.25) is 0 Å². The van der Waals surface area contributed by atoms with Gasteiger partial charge in [-0.25, -0.2) is 4.18 Å². The van der Waals surface area contributed by atoms with Crippen LogP contribution in [-0.4, -0.2) is 75.6 Å². The van der Waals surface area contributed by atoms with Crippen molar-refractivity contribution in [2.75, 3.05) is 39.3 Å². The monoisotopic (exact) mass is 685 g/mol. The molecule has 9 nitrogen and oxygen atoms in total. The molecule has 0 spiro atoms. The molecule has 4 rings (SSSR count). The van der Waals surface area contributed by atoms with Gasteiger partial charge in [0.05, 0.1) is 12.2 Å². The molecule has 0 amide bonds. The molecule has 276 valence electrons. The van der Waals surface area contributed by atoms with Crippen LogP contribution in [0.1, 0.15) is 125 Å². The molecule has 0 saturated heterocycles. The molecule has 0 radical (unpaired) electrons. The van der Waals surface area contributed by atoms with Crippen LogP contribution in [0.15, 0.2) is 0 Å². The van der Waals surface area contributed by atoms with E-state index >= 15 is 0 Å². The van der Waals surface area contributed by atoms with Gasteiger partial charge in [0.1, 0.15) is 0 Å². The van der Waals surface area contributed by atoms with E-state index in [9.17, 15) is 18.1 Å². The SMILES string of the molecule is CC(C)C(CC[C@@H](C)C1CCC2C3C(O)C[C@H]4C[C@@H](NCCCNCCCCNCCCN)CC[C@]4(C)C3CC[C@@]21C)OS(=O)(=O)O. The lowest BCUT2D eigenvalue weighted by molar-refractivity contribution is -0.167. The molecule has 0 aromatic rings. The van der Waals surface area contributed by atoms with Crippen LogP contribution < -0.4 is 21.7 Å². The average Bonchev–Trinajstić information content (AvgIpc) is 3.36. The molecule has 0 bridgehead atoms. The predicted molar refractivity (Wildman–Crippen MR) is 191 cm³/mol. The van der Waals surface area contributed by atoms with Gasteiger partial charge in [-0.15, -0.1) is 0 Å². The van der Waals surface area contributed by atoms with Crippen molar-refractivity contribution in [3.05, 3.63) is 0 Å². The van der Waals surface area contributed by atoms with Crippen LogP contribution in [0.3, 0.4) is 0 Å². The summed E-state index contributed by atoms with van der Waals surface area (Å²) < 4.78 is 37.2. The quantitative estimate of drug-likeness (QED) is 0.0720. The Bertz CT molecular complexity index is 1050. The lowest BCUT2D eigenvalue weighted by Crippen LogP contribution is -2.59. The zero-order valence-electron chi connectivity index (χ0n) is 30.5. The van der Waals surface area contributed by atoms with Crippen molar-refractivity contribution in [2.24, 2.45) is 58.0 Å². The summed E-state index contributed by atoms with van der Waals surface area (Å²) in [5, 5.41) is 22.8. The Kier molecular flexibility index (Phi) is 14.9. The predicted octanol–water partition coefficient (Wildman–Crippen LogP) is 5.53. The van der Waals surface area contributed by atoms with Crippen molar-refractivity contribution >= 4 is 10.4 Å². The molecular formula is C37H72N4O5S. The molecule has 0 aromatic heterocycles. The topological polar surface area (TPSA) is 146 Å². The molecule has 4 fully saturated rings. The number of nitrogens with one attached hydrogen (secondary N) is 3. The van der Waals surface area contributed by atoms with Gasteiger partial charge < -0.3 is 26.8 Å². The highest BCUT2D eigenvalue weighted by molar-refractivity contribution is 7.80. The van der Waals surface area contributed by atoms with E-state index in [0.29, 0.717) is 53.4 Å². The Morgan fingerprint density at radius 3 is 2.13 bits per heavy atom. The van der Waals surface area contributed by atoms with Crippen molar-refractivity contribution < 1.29 is 22.3 Å². The molecule has 0 heterocycles. The third-order valence-corrected chi connectivity index (χ3v) is 14.3. The first-order valence-corrected chi connectivity index (χ1v) is 20.8. The number of hydrogen-bond donors (Lipinski definition) is 6. The normalized spacial score (nSPS) is 36.9. The fourth-order valence-electron chi connectivity index (χ4n) is 11.2. The van der Waals surface area contributed by atoms with Gasteiger partial charge in [-0.1, -0.05) is 34.6 Å². The fraction of sp³-hybridized carbons (Fsp3) is 1.00. The summed E-state index contributed by atoms with van der Waals surface area (Å²) in [7, 11) is -4.46. The van der Waals surface area contributed by atoms with Crippen molar-refractivity contribution in [1.29, 1.82) is 0 Å². The highest BCUT2D eigenvalue weighted by atomic mass is 32.3. The van der Waals surface area contributed by atoms with Crippen LogP contribution >= 0.6 is 0 Å². The largest absolute Gasteiger partial charge is 0.397 e. The second kappa shape index (κ2) is 17.7. The molecule has 0 aromatic carbocycles. The average molecular weight is 685 g/mol. The number of aliphatic hydroxyl groups is 1. The summed E-state index contributed by atoms with van der Waals surface area (Å²) in [4.78, 5) is 0. The van der Waals surface area contributed by atoms with Gasteiger partial charge in [-0.05, 0) is 181 Å². The highest BCUT2D eigenvalue weighted by Crippen LogP contribution is 2.68. The summed E-state index contributed by atoms with van der Waals surface area (Å²) in [6.07, 6.45) is 15.0. The van der Waals surface area contributed by atoms with E-state index in [1.54, 1.807) is 0 Å². The second-order valence-corrected chi connectivity index (χ2v) is 18.1. The van der Waals surface area contributed by atoms with E-state index in [1.807, 2.05) is 13.8 Å². The van der Waals surface area contributed by atoms with Crippen molar-refractivity contribution in [3.63, 3.8) is 0 Å². The Morgan fingerprint density at radius 2 is 1.47 bits per heavy atom. The third kappa shape index (κ3) is 10.1. The molecule has 4 aliphatic rings. The summed E-state index contributed by atoms with van der Waals surface area (Å²) in [5.41, 5.74) is 6.08. The number of rotatable bonds is 20. The van der Waals surface area contributed by atoms with Crippen LogP contribution in [0.4, 0.5) is 0 Å². The maximum absolute atomic E-state index is 11.8. The molecule has 4 aliphatic carbocycles. The van der Waals surface area contributed by atoms with E-state index in [-0.39, 0.29) is 17.4 Å². The molecule has 4 saturated carbocycles. The first-order chi connectivity index (χ1) is 22.3. The third-order valence-electron chi connectivity index (χ3n) is 13.8. The summed E-state index contributed by atoms with van der Waals surface area (Å²) >= 11 is 0. The van der Waals surface area contributed by atoms with Crippen LogP contribution in [0.25, 0.3) is 0 Å². The zero-order chi connectivity index (χ0) is 34.2. The molecule has 11 atom stereocenters. The maximum atomic E-state index is 11.8.